The molecule has 33 nitrogen and oxygen atoms in total. The summed E-state index contributed by atoms with van der Waals surface area (Å²) in [6.45, 7) is 12.5. The molecule has 1 aliphatic heterocycles. The van der Waals surface area contributed by atoms with Gasteiger partial charge in [0.2, 0.25) is 59.1 Å². The maximum Gasteiger partial charge on any atom is 0.326 e. The Kier molecular flexibility index (Phi) is 36.9. The maximum absolute atomic E-state index is 14.8. The molecule has 2 aromatic rings. The Balaban J connectivity index is 1.97. The van der Waals surface area contributed by atoms with Gasteiger partial charge in [-0.05, 0) is 144 Å². The van der Waals surface area contributed by atoms with E-state index in [-0.39, 0.29) is 132 Å². The van der Waals surface area contributed by atoms with Crippen LogP contribution >= 0.6 is 0 Å². The number of aromatic hydroxyl groups is 1. The number of carboxylic acids is 2. The molecule has 1 aliphatic rings. The second kappa shape index (κ2) is 43.7. The molecule has 24 N–H and O–H groups in total. The molecule has 0 bridgehead atoms. The minimum atomic E-state index is -1.53. The van der Waals surface area contributed by atoms with Gasteiger partial charge in [-0.3, -0.25) is 62.7 Å². The van der Waals surface area contributed by atoms with Gasteiger partial charge in [0.25, 0.3) is 0 Å². The fourth-order valence-electron chi connectivity index (χ4n) is 11.1. The number of guanidine groups is 2. The predicted molar refractivity (Wildman–Crippen MR) is 373 cm³/mol. The first-order valence-electron chi connectivity index (χ1n) is 34.1. The van der Waals surface area contributed by atoms with E-state index in [2.05, 4.69) is 57.8 Å². The van der Waals surface area contributed by atoms with Crippen molar-refractivity contribution < 1.29 is 72.9 Å². The third-order valence-electron chi connectivity index (χ3n) is 16.2. The molecule has 10 amide bonds. The molecule has 100 heavy (non-hydrogen) atoms. The van der Waals surface area contributed by atoms with Crippen LogP contribution in [0.5, 0.6) is 5.75 Å². The van der Waals surface area contributed by atoms with Crippen LogP contribution in [0, 0.1) is 17.8 Å². The Bertz CT molecular complexity index is 3090. The normalized spacial score (nSPS) is 15.7. The molecule has 0 aromatic heterocycles. The molecule has 3 rings (SSSR count). The monoisotopic (exact) mass is 1400 g/mol. The van der Waals surface area contributed by atoms with E-state index in [9.17, 15) is 72.9 Å². The van der Waals surface area contributed by atoms with E-state index < -0.39 is 150 Å². The summed E-state index contributed by atoms with van der Waals surface area (Å²) in [5.74, 6) is -11.9. The lowest BCUT2D eigenvalue weighted by Gasteiger charge is -2.29. The van der Waals surface area contributed by atoms with Gasteiger partial charge in [0.1, 0.15) is 66.2 Å². The molecule has 11 atom stereocenters. The highest BCUT2D eigenvalue weighted by Crippen LogP contribution is 2.21. The first-order valence-corrected chi connectivity index (χ1v) is 34.1. The number of hydrogen-bond acceptors (Lipinski definition) is 17. The van der Waals surface area contributed by atoms with Gasteiger partial charge in [0.05, 0.1) is 6.04 Å². The number of nitrogens with zero attached hydrogens (tertiary/aromatic N) is 3. The minimum absolute atomic E-state index is 0.0154. The highest BCUT2D eigenvalue weighted by atomic mass is 16.4. The fraction of sp³-hybridized carbons (Fsp3) is 0.612. The number of nitrogens with two attached hydrogens (primary N) is 6. The molecule has 0 aliphatic carbocycles. The molecule has 1 heterocycles. The zero-order valence-corrected chi connectivity index (χ0v) is 58.5. The smallest absolute Gasteiger partial charge is 0.326 e. The van der Waals surface area contributed by atoms with Crippen LogP contribution in [-0.2, 0) is 70.4 Å². The molecule has 1 fully saturated rings. The summed E-state index contributed by atoms with van der Waals surface area (Å²) in [7, 11) is 0. The van der Waals surface area contributed by atoms with Gasteiger partial charge in [-0.25, -0.2) is 4.79 Å². The highest BCUT2D eigenvalue weighted by molar-refractivity contribution is 5.99. The molecule has 0 radical (unpaired) electrons. The van der Waals surface area contributed by atoms with Crippen LogP contribution in [0.15, 0.2) is 64.6 Å². The van der Waals surface area contributed by atoms with Gasteiger partial charge in [-0.1, -0.05) is 84.0 Å². The van der Waals surface area contributed by atoms with E-state index in [1.54, 1.807) is 0 Å². The summed E-state index contributed by atoms with van der Waals surface area (Å²) >= 11 is 0. The van der Waals surface area contributed by atoms with Crippen molar-refractivity contribution in [1.82, 2.24) is 52.8 Å². The molecule has 1 saturated heterocycles. The highest BCUT2D eigenvalue weighted by Gasteiger charge is 2.40. The second-order valence-electron chi connectivity index (χ2n) is 26.4. The number of unbranched alkanes of at least 4 members (excludes halogenated alkanes) is 1. The maximum atomic E-state index is 14.8. The van der Waals surface area contributed by atoms with Crippen LogP contribution in [0.4, 0.5) is 0 Å². The third kappa shape index (κ3) is 31.5. The Morgan fingerprint density at radius 1 is 0.480 bits per heavy atom. The van der Waals surface area contributed by atoms with E-state index >= 15 is 0 Å². The lowest BCUT2D eigenvalue weighted by Crippen LogP contribution is -2.61. The van der Waals surface area contributed by atoms with Crippen LogP contribution in [0.25, 0.3) is 0 Å². The zero-order valence-electron chi connectivity index (χ0n) is 58.5. The van der Waals surface area contributed by atoms with E-state index in [1.807, 2.05) is 71.9 Å². The van der Waals surface area contributed by atoms with Crippen molar-refractivity contribution in [2.24, 2.45) is 62.1 Å². The first-order chi connectivity index (χ1) is 47.2. The number of rotatable bonds is 45. The summed E-state index contributed by atoms with van der Waals surface area (Å²) in [4.78, 5) is 175. The Morgan fingerprint density at radius 2 is 0.880 bits per heavy atom. The molecular weight excluding hydrogens is 1300 g/mol. The lowest BCUT2D eigenvalue weighted by atomic mass is 9.98. The van der Waals surface area contributed by atoms with Crippen molar-refractivity contribution in [3.05, 3.63) is 65.7 Å². The average Bonchev–Trinajstić information content (AvgIpc) is 1.56. The summed E-state index contributed by atoms with van der Waals surface area (Å²) in [5.41, 5.74) is 35.6. The molecule has 33 heteroatoms. The van der Waals surface area contributed by atoms with Crippen molar-refractivity contribution in [3.63, 3.8) is 0 Å². The van der Waals surface area contributed by atoms with Gasteiger partial charge < -0.3 is 102 Å². The number of nitrogens with one attached hydrogen (secondary N) is 9. The molecule has 0 saturated carbocycles. The number of hydrogen-bond donors (Lipinski definition) is 18. The summed E-state index contributed by atoms with van der Waals surface area (Å²) in [6.07, 6.45) is 0.247. The SMILES string of the molecule is CC(C)C[C@H](NC(=O)[C@H](CC(C)C)NC(=O)[C@H](CC(C)C)NC(=O)[C@@H](N)Cc1ccccc1)C(=O)N[C@@H](CCCCN)C(=O)N[C@@H](Cc1ccc(O)cc1)C(=O)N[C@@H](CCCN=C(N)N)C(=O)N[C@@H](C)C(=O)N[C@@H](CCCN=C(N)N)C(=O)N[C@@H](CCC(=O)O)C(=O)N1CCC[C@H]1C(=O)O. The first kappa shape index (κ1) is 84.6. The minimum Gasteiger partial charge on any atom is -0.508 e. The van der Waals surface area contributed by atoms with Crippen LogP contribution in [0.1, 0.15) is 149 Å². The Hall–Kier alpha value is -9.66. The number of phenols is 1. The number of amides is 10. The van der Waals surface area contributed by atoms with E-state index in [0.29, 0.717) is 24.8 Å². The number of benzene rings is 2. The lowest BCUT2D eigenvalue weighted by molar-refractivity contribution is -0.150. The van der Waals surface area contributed by atoms with Crippen LogP contribution in [0.2, 0.25) is 0 Å². The molecular formula is C67H108N18O15. The van der Waals surface area contributed by atoms with Crippen molar-refractivity contribution >= 4 is 82.9 Å². The summed E-state index contributed by atoms with van der Waals surface area (Å²) < 4.78 is 0. The number of aliphatic carboxylic acids is 2. The number of carboxylic acid groups (broad SMARTS) is 2. The van der Waals surface area contributed by atoms with Crippen molar-refractivity contribution in [3.8, 4) is 5.75 Å². The quantitative estimate of drug-likeness (QED) is 0.0198. The Labute approximate surface area is 583 Å². The average molecular weight is 1410 g/mol. The number of phenolic OH excluding ortho intramolecular Hbond substituents is 1. The fourth-order valence-corrected chi connectivity index (χ4v) is 11.1. The zero-order chi connectivity index (χ0) is 74.8. The number of aliphatic imine (C=N–C) groups is 2. The largest absolute Gasteiger partial charge is 0.508 e. The predicted octanol–water partition coefficient (Wildman–Crippen LogP) is -1.80. The van der Waals surface area contributed by atoms with Crippen molar-refractivity contribution in [1.29, 1.82) is 0 Å². The van der Waals surface area contributed by atoms with Crippen LogP contribution in [-0.4, -0.2) is 196 Å². The standard InChI is InChI=1S/C67H108N18O15/c1-37(2)32-49(81-56(90)44(69)35-41-16-9-8-10-17-41)61(95)83-51(34-39(5)6)62(96)82-50(33-38(3)4)60(94)78-45(18-11-12-28-68)59(93)84-52(36-42-22-24-43(86)25-23-42)63(97)79-46(19-13-29-74-66(70)71)57(91)76-40(7)55(89)77-47(20-14-30-75-67(72)73)58(92)80-48(26-27-54(87)88)64(98)85-31-15-21-53(85)65(99)100/h8-10,16-17,22-25,37-40,44-53,86H,11-15,18-21,26-36,68-69H2,1-7H3,(H,76,91)(H,77,89)(H,78,94)(H,79,97)(H,80,92)(H,81,90)(H,82,96)(H,83,95)(H,84,93)(H,87,88)(H,99,100)(H4,70,71,74)(H4,72,73,75)/t40-,44-,45-,46-,47-,48-,49-,50-,51-,52-,53-/m0/s1. The third-order valence-corrected chi connectivity index (χ3v) is 16.2. The van der Waals surface area contributed by atoms with E-state index in [0.717, 1.165) is 10.5 Å². The molecule has 556 valence electrons. The van der Waals surface area contributed by atoms with Gasteiger partial charge in [0.15, 0.2) is 11.9 Å². The molecule has 2 aromatic carbocycles. The number of likely N-dealkylation sites (tertiary alicyclic amines) is 1. The van der Waals surface area contributed by atoms with Crippen LogP contribution in [0.3, 0.4) is 0 Å². The molecule has 0 unspecified atom stereocenters. The van der Waals surface area contributed by atoms with Gasteiger partial charge in [-0.2, -0.15) is 0 Å². The van der Waals surface area contributed by atoms with E-state index in [1.165, 1.54) is 31.2 Å². The number of carbonyl (C=O) groups is 12. The van der Waals surface area contributed by atoms with Crippen LogP contribution < -0.4 is 82.3 Å². The van der Waals surface area contributed by atoms with Gasteiger partial charge in [0, 0.05) is 32.5 Å². The second-order valence-corrected chi connectivity index (χ2v) is 26.4. The summed E-state index contributed by atoms with van der Waals surface area (Å²) in [5, 5.41) is 53.6. The van der Waals surface area contributed by atoms with Gasteiger partial charge >= 0.3 is 11.9 Å². The Morgan fingerprint density at radius 3 is 1.33 bits per heavy atom. The summed E-state index contributed by atoms with van der Waals surface area (Å²) in [6, 6.07) is 0.162. The van der Waals surface area contributed by atoms with E-state index in [4.69, 9.17) is 34.4 Å². The van der Waals surface area contributed by atoms with Gasteiger partial charge in [-0.15, -0.1) is 0 Å². The topological polar surface area (TPSA) is 558 Å². The van der Waals surface area contributed by atoms with Crippen molar-refractivity contribution in [2.45, 2.75) is 218 Å². The number of carbonyl (C=O) groups excluding carboxylic acids is 10. The molecule has 0 spiro atoms. The van der Waals surface area contributed by atoms with Crippen molar-refractivity contribution in [2.75, 3.05) is 26.2 Å².